The summed E-state index contributed by atoms with van der Waals surface area (Å²) in [5.74, 6) is -0.680. The Bertz CT molecular complexity index is 710. The summed E-state index contributed by atoms with van der Waals surface area (Å²) in [7, 11) is 0. The predicted molar refractivity (Wildman–Crippen MR) is 87.0 cm³/mol. The van der Waals surface area contributed by atoms with Crippen LogP contribution in [0.4, 0.5) is 17.6 Å². The molecule has 0 amide bonds. The second-order valence-corrected chi connectivity index (χ2v) is 7.31. The third-order valence-corrected chi connectivity index (χ3v) is 5.28. The molecule has 3 rings (SSSR count). The number of piperazine rings is 1. The molecule has 1 aromatic heterocycles. The van der Waals surface area contributed by atoms with Gasteiger partial charge in [0, 0.05) is 31.1 Å². The Hall–Kier alpha value is -1.15. The molecule has 2 heterocycles. The fourth-order valence-corrected chi connectivity index (χ4v) is 4.18. The van der Waals surface area contributed by atoms with Gasteiger partial charge in [0.15, 0.2) is 0 Å². The zero-order valence-corrected chi connectivity index (χ0v) is 14.1. The maximum Gasteiger partial charge on any atom is 0.416 e. The molecule has 130 valence electrons. The predicted octanol–water partition coefficient (Wildman–Crippen LogP) is 4.55. The zero-order valence-electron chi connectivity index (χ0n) is 12.5. The Morgan fingerprint density at radius 3 is 2.42 bits per heavy atom. The van der Waals surface area contributed by atoms with Crippen LogP contribution < -0.4 is 5.32 Å². The number of hydrogen-bond donors (Lipinski definition) is 1. The van der Waals surface area contributed by atoms with E-state index >= 15 is 0 Å². The normalized spacial score (nSPS) is 17.9. The summed E-state index contributed by atoms with van der Waals surface area (Å²) in [6.07, 6.45) is -4.55. The van der Waals surface area contributed by atoms with Crippen LogP contribution in [0.2, 0.25) is 4.34 Å². The molecule has 0 spiro atoms. The van der Waals surface area contributed by atoms with E-state index in [2.05, 4.69) is 5.32 Å². The van der Waals surface area contributed by atoms with Crippen molar-refractivity contribution < 1.29 is 17.6 Å². The standard InChI is InChI=1S/C16H15ClF4N2S/c17-14-4-3-13(24-14)15(23-7-5-22-6-8-23)11-9-10(18)1-2-12(11)16(19,20)21/h1-4,9,15,22H,5-8H2/t15-/m1/s1. The van der Waals surface area contributed by atoms with Crippen LogP contribution in [0, 0.1) is 5.82 Å². The van der Waals surface area contributed by atoms with Crippen molar-refractivity contribution in [2.45, 2.75) is 12.2 Å². The Labute approximate surface area is 146 Å². The van der Waals surface area contributed by atoms with Crippen LogP contribution in [0.5, 0.6) is 0 Å². The van der Waals surface area contributed by atoms with Gasteiger partial charge in [-0.2, -0.15) is 13.2 Å². The van der Waals surface area contributed by atoms with Gasteiger partial charge in [-0.3, -0.25) is 4.90 Å². The van der Waals surface area contributed by atoms with E-state index in [-0.39, 0.29) is 5.56 Å². The number of halogens is 5. The number of nitrogens with zero attached hydrogens (tertiary/aromatic N) is 1. The number of hydrogen-bond acceptors (Lipinski definition) is 3. The van der Waals surface area contributed by atoms with E-state index in [9.17, 15) is 17.6 Å². The van der Waals surface area contributed by atoms with Crippen LogP contribution in [-0.4, -0.2) is 31.1 Å². The first-order chi connectivity index (χ1) is 11.4. The summed E-state index contributed by atoms with van der Waals surface area (Å²) in [6, 6.07) is 5.35. The van der Waals surface area contributed by atoms with E-state index in [0.29, 0.717) is 35.4 Å². The second kappa shape index (κ2) is 7.00. The molecular weight excluding hydrogens is 364 g/mol. The lowest BCUT2D eigenvalue weighted by Crippen LogP contribution is -2.45. The highest BCUT2D eigenvalue weighted by Gasteiger charge is 2.38. The van der Waals surface area contributed by atoms with Crippen molar-refractivity contribution in [2.75, 3.05) is 26.2 Å². The Morgan fingerprint density at radius 1 is 1.12 bits per heavy atom. The van der Waals surface area contributed by atoms with Crippen LogP contribution in [0.25, 0.3) is 0 Å². The summed E-state index contributed by atoms with van der Waals surface area (Å²) in [6.45, 7) is 2.50. The van der Waals surface area contributed by atoms with E-state index in [0.717, 1.165) is 18.2 Å². The van der Waals surface area contributed by atoms with E-state index in [1.54, 1.807) is 12.1 Å². The molecule has 1 aliphatic rings. The van der Waals surface area contributed by atoms with Crippen LogP contribution in [-0.2, 0) is 6.18 Å². The number of alkyl halides is 3. The summed E-state index contributed by atoms with van der Waals surface area (Å²) in [5, 5.41) is 3.17. The van der Waals surface area contributed by atoms with E-state index in [1.807, 2.05) is 4.90 Å². The number of benzene rings is 1. The molecule has 1 N–H and O–H groups in total. The molecule has 1 fully saturated rings. The molecule has 2 aromatic rings. The van der Waals surface area contributed by atoms with Gasteiger partial charge < -0.3 is 5.32 Å². The topological polar surface area (TPSA) is 15.3 Å². The van der Waals surface area contributed by atoms with Crippen molar-refractivity contribution in [1.82, 2.24) is 10.2 Å². The molecule has 1 saturated heterocycles. The van der Waals surface area contributed by atoms with Crippen molar-refractivity contribution in [2.24, 2.45) is 0 Å². The van der Waals surface area contributed by atoms with Gasteiger partial charge in [-0.25, -0.2) is 4.39 Å². The largest absolute Gasteiger partial charge is 0.416 e. The van der Waals surface area contributed by atoms with E-state index in [4.69, 9.17) is 11.6 Å². The Morgan fingerprint density at radius 2 is 1.83 bits per heavy atom. The highest BCUT2D eigenvalue weighted by Crippen LogP contribution is 2.41. The van der Waals surface area contributed by atoms with E-state index < -0.39 is 23.6 Å². The highest BCUT2D eigenvalue weighted by molar-refractivity contribution is 7.16. The molecule has 0 bridgehead atoms. The molecule has 8 heteroatoms. The molecule has 1 aliphatic heterocycles. The number of nitrogens with one attached hydrogen (secondary N) is 1. The third-order valence-electron chi connectivity index (χ3n) is 3.99. The maximum absolute atomic E-state index is 13.8. The average Bonchev–Trinajstić information content (AvgIpc) is 2.94. The summed E-state index contributed by atoms with van der Waals surface area (Å²) in [5.41, 5.74) is -0.875. The molecule has 0 aliphatic carbocycles. The molecule has 2 nitrogen and oxygen atoms in total. The zero-order chi connectivity index (χ0) is 17.3. The highest BCUT2D eigenvalue weighted by atomic mass is 35.5. The van der Waals surface area contributed by atoms with Gasteiger partial charge in [0.05, 0.1) is 15.9 Å². The van der Waals surface area contributed by atoms with Gasteiger partial charge in [0.1, 0.15) is 5.82 Å². The monoisotopic (exact) mass is 378 g/mol. The van der Waals surface area contributed by atoms with Crippen molar-refractivity contribution in [3.63, 3.8) is 0 Å². The lowest BCUT2D eigenvalue weighted by molar-refractivity contribution is -0.138. The van der Waals surface area contributed by atoms with Crippen LogP contribution in [0.1, 0.15) is 22.0 Å². The van der Waals surface area contributed by atoms with Gasteiger partial charge in [-0.1, -0.05) is 11.6 Å². The molecule has 1 atom stereocenters. The smallest absolute Gasteiger partial charge is 0.314 e. The van der Waals surface area contributed by atoms with E-state index in [1.165, 1.54) is 11.3 Å². The van der Waals surface area contributed by atoms with Crippen molar-refractivity contribution >= 4 is 22.9 Å². The minimum Gasteiger partial charge on any atom is -0.314 e. The van der Waals surface area contributed by atoms with Crippen LogP contribution in [0.3, 0.4) is 0 Å². The first-order valence-electron chi connectivity index (χ1n) is 7.43. The molecule has 24 heavy (non-hydrogen) atoms. The van der Waals surface area contributed by atoms with Gasteiger partial charge >= 0.3 is 6.18 Å². The molecular formula is C16H15ClF4N2S. The van der Waals surface area contributed by atoms with Crippen molar-refractivity contribution in [3.05, 3.63) is 56.5 Å². The quantitative estimate of drug-likeness (QED) is 0.788. The second-order valence-electron chi connectivity index (χ2n) is 5.56. The van der Waals surface area contributed by atoms with Crippen LogP contribution in [0.15, 0.2) is 30.3 Å². The molecule has 1 aromatic carbocycles. The minimum atomic E-state index is -4.55. The van der Waals surface area contributed by atoms with Gasteiger partial charge in [-0.15, -0.1) is 11.3 Å². The summed E-state index contributed by atoms with van der Waals surface area (Å²) >= 11 is 7.21. The lowest BCUT2D eigenvalue weighted by atomic mass is 9.96. The Kier molecular flexibility index (Phi) is 5.15. The molecule has 0 unspecified atom stereocenters. The summed E-state index contributed by atoms with van der Waals surface area (Å²) < 4.78 is 54.6. The van der Waals surface area contributed by atoms with Gasteiger partial charge in [-0.05, 0) is 35.9 Å². The molecule has 0 saturated carbocycles. The average molecular weight is 379 g/mol. The fraction of sp³-hybridized carbons (Fsp3) is 0.375. The van der Waals surface area contributed by atoms with Crippen molar-refractivity contribution in [1.29, 1.82) is 0 Å². The summed E-state index contributed by atoms with van der Waals surface area (Å²) in [4.78, 5) is 2.61. The minimum absolute atomic E-state index is 0.0667. The number of thiophene rings is 1. The van der Waals surface area contributed by atoms with Crippen LogP contribution >= 0.6 is 22.9 Å². The number of rotatable bonds is 3. The van der Waals surface area contributed by atoms with Gasteiger partial charge in [0.25, 0.3) is 0 Å². The molecule has 0 radical (unpaired) electrons. The first kappa shape index (κ1) is 17.7. The maximum atomic E-state index is 13.8. The third kappa shape index (κ3) is 3.74. The van der Waals surface area contributed by atoms with Gasteiger partial charge in [0.2, 0.25) is 0 Å². The Balaban J connectivity index is 2.13. The van der Waals surface area contributed by atoms with Crippen molar-refractivity contribution in [3.8, 4) is 0 Å². The first-order valence-corrected chi connectivity index (χ1v) is 8.62. The lowest BCUT2D eigenvalue weighted by Gasteiger charge is -2.35. The fourth-order valence-electron chi connectivity index (χ4n) is 2.96. The SMILES string of the molecule is Fc1ccc(C(F)(F)F)c([C@H](c2ccc(Cl)s2)N2CCNCC2)c1.